The first-order valence-electron chi connectivity index (χ1n) is 10.4. The van der Waals surface area contributed by atoms with Gasteiger partial charge in [-0.2, -0.15) is 0 Å². The number of rotatable bonds is 6. The molecular formula is C26H22FNO5. The van der Waals surface area contributed by atoms with Crippen molar-refractivity contribution in [3.05, 3.63) is 95.3 Å². The predicted octanol–water partition coefficient (Wildman–Crippen LogP) is 4.86. The van der Waals surface area contributed by atoms with Gasteiger partial charge in [0.15, 0.2) is 0 Å². The molecule has 33 heavy (non-hydrogen) atoms. The van der Waals surface area contributed by atoms with Gasteiger partial charge in [0.2, 0.25) is 0 Å². The largest absolute Gasteiger partial charge is 0.507 e. The Labute approximate surface area is 190 Å². The smallest absolute Gasteiger partial charge is 0.300 e. The SMILES string of the molecule is CCOc1cccc(C2/C(=C(\O)c3cc(F)ccc3OC)C(=O)C(=O)N2c2ccccc2)c1. The minimum absolute atomic E-state index is 0.0190. The molecule has 3 aromatic rings. The molecule has 0 bridgehead atoms. The predicted molar refractivity (Wildman–Crippen MR) is 122 cm³/mol. The van der Waals surface area contributed by atoms with Crippen LogP contribution in [-0.4, -0.2) is 30.5 Å². The number of ketones is 1. The number of Topliss-reactive ketones (excluding diaryl/α,β-unsaturated/α-hetero) is 1. The van der Waals surface area contributed by atoms with E-state index in [1.807, 2.05) is 6.92 Å². The maximum atomic E-state index is 14.0. The summed E-state index contributed by atoms with van der Waals surface area (Å²) in [5, 5.41) is 11.2. The monoisotopic (exact) mass is 447 g/mol. The Balaban J connectivity index is 1.98. The van der Waals surface area contributed by atoms with Crippen molar-refractivity contribution in [2.24, 2.45) is 0 Å². The number of anilines is 1. The lowest BCUT2D eigenvalue weighted by Crippen LogP contribution is -2.29. The van der Waals surface area contributed by atoms with Gasteiger partial charge in [0.05, 0.1) is 30.9 Å². The summed E-state index contributed by atoms with van der Waals surface area (Å²) in [6, 6.07) is 18.3. The number of benzene rings is 3. The van der Waals surface area contributed by atoms with E-state index in [1.54, 1.807) is 54.6 Å². The van der Waals surface area contributed by atoms with Crippen LogP contribution in [0.1, 0.15) is 24.1 Å². The highest BCUT2D eigenvalue weighted by Gasteiger charge is 2.47. The van der Waals surface area contributed by atoms with E-state index in [2.05, 4.69) is 0 Å². The first-order chi connectivity index (χ1) is 16.0. The third-order valence-corrected chi connectivity index (χ3v) is 5.38. The summed E-state index contributed by atoms with van der Waals surface area (Å²) < 4.78 is 24.9. The highest BCUT2D eigenvalue weighted by molar-refractivity contribution is 6.51. The van der Waals surface area contributed by atoms with Crippen LogP contribution in [0.15, 0.2) is 78.4 Å². The van der Waals surface area contributed by atoms with Crippen LogP contribution in [0.25, 0.3) is 5.76 Å². The minimum atomic E-state index is -0.958. The topological polar surface area (TPSA) is 76.1 Å². The van der Waals surface area contributed by atoms with Crippen LogP contribution in [0.4, 0.5) is 10.1 Å². The Kier molecular flexibility index (Phi) is 6.13. The fraction of sp³-hybridized carbons (Fsp3) is 0.154. The summed E-state index contributed by atoms with van der Waals surface area (Å²) in [5.41, 5.74) is 0.855. The van der Waals surface area contributed by atoms with E-state index in [4.69, 9.17) is 9.47 Å². The van der Waals surface area contributed by atoms with Crippen LogP contribution < -0.4 is 14.4 Å². The van der Waals surface area contributed by atoms with E-state index < -0.39 is 29.3 Å². The Morgan fingerprint density at radius 3 is 2.48 bits per heavy atom. The molecule has 0 aromatic heterocycles. The third-order valence-electron chi connectivity index (χ3n) is 5.38. The molecule has 0 aliphatic carbocycles. The van der Waals surface area contributed by atoms with E-state index in [9.17, 15) is 19.1 Å². The second-order valence-electron chi connectivity index (χ2n) is 7.35. The Bertz CT molecular complexity index is 1240. The fourth-order valence-corrected chi connectivity index (χ4v) is 3.95. The molecule has 1 saturated heterocycles. The van der Waals surface area contributed by atoms with Gasteiger partial charge in [-0.1, -0.05) is 30.3 Å². The zero-order valence-electron chi connectivity index (χ0n) is 18.1. The van der Waals surface area contributed by atoms with Crippen molar-refractivity contribution in [2.45, 2.75) is 13.0 Å². The zero-order chi connectivity index (χ0) is 23.5. The number of carbonyl (C=O) groups excluding carboxylic acids is 2. The van der Waals surface area contributed by atoms with Crippen molar-refractivity contribution >= 4 is 23.1 Å². The number of amides is 1. The average molecular weight is 447 g/mol. The first kappa shape index (κ1) is 22.1. The molecule has 0 radical (unpaired) electrons. The normalized spacial score (nSPS) is 17.3. The maximum Gasteiger partial charge on any atom is 0.300 e. The molecule has 1 unspecified atom stereocenters. The molecule has 1 aliphatic rings. The van der Waals surface area contributed by atoms with E-state index in [0.29, 0.717) is 23.6 Å². The molecule has 1 atom stereocenters. The van der Waals surface area contributed by atoms with Crippen molar-refractivity contribution in [2.75, 3.05) is 18.6 Å². The van der Waals surface area contributed by atoms with Crippen molar-refractivity contribution in [1.82, 2.24) is 0 Å². The van der Waals surface area contributed by atoms with E-state index in [-0.39, 0.29) is 16.9 Å². The van der Waals surface area contributed by atoms with Gasteiger partial charge in [0, 0.05) is 5.69 Å². The molecule has 0 spiro atoms. The van der Waals surface area contributed by atoms with Crippen molar-refractivity contribution in [1.29, 1.82) is 0 Å². The van der Waals surface area contributed by atoms with Crippen LogP contribution in [0.2, 0.25) is 0 Å². The first-order valence-corrected chi connectivity index (χ1v) is 10.4. The number of methoxy groups -OCH3 is 1. The van der Waals surface area contributed by atoms with Gasteiger partial charge in [-0.25, -0.2) is 4.39 Å². The van der Waals surface area contributed by atoms with Gasteiger partial charge in [0.25, 0.3) is 11.7 Å². The van der Waals surface area contributed by atoms with Crippen LogP contribution in [0.5, 0.6) is 11.5 Å². The standard InChI is InChI=1S/C26H22FNO5/c1-3-33-19-11-7-8-16(14-19)23-22(24(29)20-15-17(27)12-13-21(20)32-2)25(30)26(31)28(23)18-9-5-4-6-10-18/h4-15,23,29H,3H2,1-2H3/b24-22+. The molecule has 0 saturated carbocycles. The number of para-hydroxylation sites is 1. The zero-order valence-corrected chi connectivity index (χ0v) is 18.1. The quantitative estimate of drug-likeness (QED) is 0.332. The van der Waals surface area contributed by atoms with Gasteiger partial charge in [-0.15, -0.1) is 0 Å². The number of hydrogen-bond acceptors (Lipinski definition) is 5. The molecule has 1 heterocycles. The highest BCUT2D eigenvalue weighted by Crippen LogP contribution is 2.43. The van der Waals surface area contributed by atoms with Crippen molar-refractivity contribution < 1.29 is 28.6 Å². The number of carbonyl (C=O) groups is 2. The molecule has 1 N–H and O–H groups in total. The molecule has 3 aromatic carbocycles. The van der Waals surface area contributed by atoms with Gasteiger partial charge < -0.3 is 14.6 Å². The second-order valence-corrected chi connectivity index (χ2v) is 7.35. The Hall–Kier alpha value is -4.13. The molecule has 168 valence electrons. The molecule has 1 fully saturated rings. The summed E-state index contributed by atoms with van der Waals surface area (Å²) in [6.07, 6.45) is 0. The number of aliphatic hydroxyl groups excluding tert-OH is 1. The highest BCUT2D eigenvalue weighted by atomic mass is 19.1. The lowest BCUT2D eigenvalue weighted by atomic mass is 9.94. The van der Waals surface area contributed by atoms with Gasteiger partial charge in [0.1, 0.15) is 23.1 Å². The summed E-state index contributed by atoms with van der Waals surface area (Å²) in [6.45, 7) is 2.28. The van der Waals surface area contributed by atoms with Gasteiger partial charge in [-0.3, -0.25) is 14.5 Å². The van der Waals surface area contributed by atoms with E-state index in [1.165, 1.54) is 24.1 Å². The molecule has 6 nitrogen and oxygen atoms in total. The summed E-state index contributed by atoms with van der Waals surface area (Å²) >= 11 is 0. The van der Waals surface area contributed by atoms with Crippen LogP contribution in [0, 0.1) is 5.82 Å². The molecular weight excluding hydrogens is 425 g/mol. The van der Waals surface area contributed by atoms with Crippen molar-refractivity contribution in [3.63, 3.8) is 0 Å². The summed E-state index contributed by atoms with van der Waals surface area (Å²) in [5.74, 6) is -2.10. The fourth-order valence-electron chi connectivity index (χ4n) is 3.95. The minimum Gasteiger partial charge on any atom is -0.507 e. The van der Waals surface area contributed by atoms with Crippen LogP contribution >= 0.6 is 0 Å². The van der Waals surface area contributed by atoms with Gasteiger partial charge >= 0.3 is 0 Å². The number of ether oxygens (including phenoxy) is 2. The third kappa shape index (κ3) is 4.05. The average Bonchev–Trinajstić information content (AvgIpc) is 3.10. The van der Waals surface area contributed by atoms with Gasteiger partial charge in [-0.05, 0) is 55.0 Å². The number of aliphatic hydroxyl groups is 1. The number of hydrogen-bond donors (Lipinski definition) is 1. The lowest BCUT2D eigenvalue weighted by molar-refractivity contribution is -0.132. The lowest BCUT2D eigenvalue weighted by Gasteiger charge is -2.26. The Morgan fingerprint density at radius 2 is 1.79 bits per heavy atom. The molecule has 4 rings (SSSR count). The maximum absolute atomic E-state index is 14.0. The van der Waals surface area contributed by atoms with Crippen molar-refractivity contribution in [3.8, 4) is 11.5 Å². The van der Waals surface area contributed by atoms with Crippen LogP contribution in [0.3, 0.4) is 0 Å². The summed E-state index contributed by atoms with van der Waals surface area (Å²) in [7, 11) is 1.37. The van der Waals surface area contributed by atoms with E-state index in [0.717, 1.165) is 6.07 Å². The Morgan fingerprint density at radius 1 is 1.03 bits per heavy atom. The molecule has 1 amide bonds. The number of halogens is 1. The van der Waals surface area contributed by atoms with E-state index >= 15 is 0 Å². The number of nitrogens with zero attached hydrogens (tertiary/aromatic N) is 1. The molecule has 7 heteroatoms. The second kappa shape index (κ2) is 9.16. The molecule has 1 aliphatic heterocycles. The van der Waals surface area contributed by atoms with Crippen LogP contribution in [-0.2, 0) is 9.59 Å². The summed E-state index contributed by atoms with van der Waals surface area (Å²) in [4.78, 5) is 27.7.